The summed E-state index contributed by atoms with van der Waals surface area (Å²) in [6.45, 7) is 4.20. The fourth-order valence-corrected chi connectivity index (χ4v) is 4.20. The van der Waals surface area contributed by atoms with Crippen molar-refractivity contribution in [1.29, 1.82) is 0 Å². The van der Waals surface area contributed by atoms with Crippen LogP contribution in [0.25, 0.3) is 0 Å². The van der Waals surface area contributed by atoms with Gasteiger partial charge in [-0.05, 0) is 32.6 Å². The third kappa shape index (κ3) is 2.29. The fraction of sp³-hybridized carbons (Fsp3) is 0.769. The topological polar surface area (TPSA) is 21.1 Å². The van der Waals surface area contributed by atoms with E-state index in [0.29, 0.717) is 0 Å². The van der Waals surface area contributed by atoms with Crippen molar-refractivity contribution in [2.45, 2.75) is 62.6 Å². The summed E-state index contributed by atoms with van der Waals surface area (Å²) in [6.07, 6.45) is 9.63. The van der Waals surface area contributed by atoms with Gasteiger partial charge in [-0.25, -0.2) is 0 Å². The lowest BCUT2D eigenvalue weighted by Gasteiger charge is -2.36. The number of rotatable bonds is 3. The molecule has 2 fully saturated rings. The second kappa shape index (κ2) is 4.73. The van der Waals surface area contributed by atoms with E-state index in [1.54, 1.807) is 0 Å². The second-order valence-corrected chi connectivity index (χ2v) is 6.63. The molecule has 2 aliphatic heterocycles. The van der Waals surface area contributed by atoms with Gasteiger partial charge in [-0.2, -0.15) is 5.10 Å². The Balaban J connectivity index is 1.69. The van der Waals surface area contributed by atoms with Crippen LogP contribution in [-0.2, 0) is 13.1 Å². The molecular weight excluding hydrogens is 278 g/mol. The third-order valence-corrected chi connectivity index (χ3v) is 4.95. The molecule has 2 bridgehead atoms. The molecule has 2 aliphatic rings. The van der Waals surface area contributed by atoms with E-state index in [-0.39, 0.29) is 0 Å². The van der Waals surface area contributed by atoms with Gasteiger partial charge in [0.1, 0.15) is 0 Å². The number of piperidine rings is 1. The van der Waals surface area contributed by atoms with Crippen molar-refractivity contribution >= 4 is 15.9 Å². The lowest BCUT2D eigenvalue weighted by Crippen LogP contribution is -2.42. The summed E-state index contributed by atoms with van der Waals surface area (Å²) < 4.78 is 2.02. The van der Waals surface area contributed by atoms with Crippen molar-refractivity contribution in [3.8, 4) is 0 Å². The minimum absolute atomic E-state index is 0.745. The quantitative estimate of drug-likeness (QED) is 0.800. The average molecular weight is 298 g/mol. The Morgan fingerprint density at radius 1 is 1.35 bits per heavy atom. The number of alkyl halides is 1. The highest BCUT2D eigenvalue weighted by atomic mass is 79.9. The molecule has 3 nitrogen and oxygen atoms in total. The molecule has 3 heterocycles. The molecule has 2 atom stereocenters. The van der Waals surface area contributed by atoms with Gasteiger partial charge in [0.25, 0.3) is 0 Å². The maximum absolute atomic E-state index is 4.37. The summed E-state index contributed by atoms with van der Waals surface area (Å²) in [5.74, 6) is 0. The second-order valence-electron chi connectivity index (χ2n) is 5.33. The number of fused-ring (bicyclic) bond motifs is 2. The van der Waals surface area contributed by atoms with E-state index in [0.717, 1.165) is 30.0 Å². The summed E-state index contributed by atoms with van der Waals surface area (Å²) in [5.41, 5.74) is 1.37. The summed E-state index contributed by atoms with van der Waals surface area (Å²) in [7, 11) is 0. The lowest BCUT2D eigenvalue weighted by atomic mass is 10.0. The van der Waals surface area contributed by atoms with E-state index in [1.807, 2.05) is 10.9 Å². The van der Waals surface area contributed by atoms with Gasteiger partial charge in [-0.15, -0.1) is 0 Å². The van der Waals surface area contributed by atoms with Gasteiger partial charge < -0.3 is 0 Å². The summed E-state index contributed by atoms with van der Waals surface area (Å²) in [5, 5.41) is 4.37. The van der Waals surface area contributed by atoms with E-state index in [9.17, 15) is 0 Å². The summed E-state index contributed by atoms with van der Waals surface area (Å²) in [4.78, 5) is 3.45. The molecule has 0 saturated carbocycles. The molecular formula is C13H20BrN3. The van der Waals surface area contributed by atoms with Gasteiger partial charge in [-0.3, -0.25) is 9.58 Å². The Labute approximate surface area is 111 Å². The first kappa shape index (κ1) is 11.7. The van der Waals surface area contributed by atoms with Gasteiger partial charge in [0.05, 0.1) is 6.20 Å². The highest BCUT2D eigenvalue weighted by molar-refractivity contribution is 9.09. The predicted octanol–water partition coefficient (Wildman–Crippen LogP) is 2.79. The zero-order valence-corrected chi connectivity index (χ0v) is 11.9. The monoisotopic (exact) mass is 297 g/mol. The zero-order valence-electron chi connectivity index (χ0n) is 10.3. The van der Waals surface area contributed by atoms with Crippen LogP contribution in [0.5, 0.6) is 0 Å². The van der Waals surface area contributed by atoms with Gasteiger partial charge >= 0.3 is 0 Å². The molecule has 0 aliphatic carbocycles. The highest BCUT2D eigenvalue weighted by Crippen LogP contribution is 2.39. The van der Waals surface area contributed by atoms with Crippen LogP contribution in [0.2, 0.25) is 0 Å². The molecule has 17 heavy (non-hydrogen) atoms. The van der Waals surface area contributed by atoms with Gasteiger partial charge in [-0.1, -0.05) is 15.9 Å². The molecule has 1 aromatic heterocycles. The standard InChI is InChI=1S/C13H20BrN3/c1-2-16-8-10(7-15-16)9-17-12-3-4-13(17)6-11(14)5-12/h7-8,11-13H,2-6,9H2,1H3. The van der Waals surface area contributed by atoms with E-state index in [2.05, 4.69) is 39.0 Å². The Morgan fingerprint density at radius 2 is 2.06 bits per heavy atom. The van der Waals surface area contributed by atoms with E-state index in [4.69, 9.17) is 0 Å². The molecule has 2 unspecified atom stereocenters. The summed E-state index contributed by atoms with van der Waals surface area (Å²) in [6, 6.07) is 1.59. The van der Waals surface area contributed by atoms with Crippen LogP contribution >= 0.6 is 15.9 Å². The third-order valence-electron chi connectivity index (χ3n) is 4.20. The van der Waals surface area contributed by atoms with Crippen LogP contribution in [0.4, 0.5) is 0 Å². The Bertz CT molecular complexity index is 376. The first-order chi connectivity index (χ1) is 8.26. The number of aromatic nitrogens is 2. The normalized spacial score (nSPS) is 33.2. The van der Waals surface area contributed by atoms with Crippen molar-refractivity contribution < 1.29 is 0 Å². The molecule has 0 amide bonds. The zero-order chi connectivity index (χ0) is 11.8. The predicted molar refractivity (Wildman–Crippen MR) is 72.2 cm³/mol. The van der Waals surface area contributed by atoms with Gasteiger partial charge in [0.15, 0.2) is 0 Å². The average Bonchev–Trinajstić information content (AvgIpc) is 2.85. The van der Waals surface area contributed by atoms with Crippen molar-refractivity contribution in [3.63, 3.8) is 0 Å². The van der Waals surface area contributed by atoms with Crippen LogP contribution in [0.15, 0.2) is 12.4 Å². The molecule has 0 N–H and O–H groups in total. The molecule has 1 aromatic rings. The summed E-state index contributed by atoms with van der Waals surface area (Å²) >= 11 is 3.79. The number of hydrogen-bond donors (Lipinski definition) is 0. The van der Waals surface area contributed by atoms with Crippen LogP contribution in [0.3, 0.4) is 0 Å². The number of nitrogens with zero attached hydrogens (tertiary/aromatic N) is 3. The van der Waals surface area contributed by atoms with Crippen LogP contribution in [0.1, 0.15) is 38.2 Å². The fourth-order valence-electron chi connectivity index (χ4n) is 3.34. The first-order valence-corrected chi connectivity index (χ1v) is 7.59. The largest absolute Gasteiger partial charge is 0.293 e. The van der Waals surface area contributed by atoms with E-state index < -0.39 is 0 Å². The van der Waals surface area contributed by atoms with Crippen LogP contribution < -0.4 is 0 Å². The van der Waals surface area contributed by atoms with Crippen molar-refractivity contribution in [2.75, 3.05) is 0 Å². The maximum atomic E-state index is 4.37. The van der Waals surface area contributed by atoms with E-state index in [1.165, 1.54) is 31.2 Å². The highest BCUT2D eigenvalue weighted by Gasteiger charge is 2.39. The Morgan fingerprint density at radius 3 is 2.65 bits per heavy atom. The number of aryl methyl sites for hydroxylation is 1. The molecule has 2 saturated heterocycles. The maximum Gasteiger partial charge on any atom is 0.0534 e. The van der Waals surface area contributed by atoms with Crippen molar-refractivity contribution in [1.82, 2.24) is 14.7 Å². The van der Waals surface area contributed by atoms with Gasteiger partial charge in [0.2, 0.25) is 0 Å². The van der Waals surface area contributed by atoms with E-state index >= 15 is 0 Å². The Hall–Kier alpha value is -0.350. The number of halogens is 1. The number of hydrogen-bond acceptors (Lipinski definition) is 2. The molecule has 94 valence electrons. The van der Waals surface area contributed by atoms with Crippen LogP contribution in [-0.4, -0.2) is 31.6 Å². The minimum atomic E-state index is 0.745. The Kier molecular flexibility index (Phi) is 3.26. The first-order valence-electron chi connectivity index (χ1n) is 6.67. The molecule has 0 spiro atoms. The minimum Gasteiger partial charge on any atom is -0.293 e. The SMILES string of the molecule is CCn1cc(CN2C3CCC2CC(Br)C3)cn1. The smallest absolute Gasteiger partial charge is 0.0534 e. The molecule has 4 heteroatoms. The van der Waals surface area contributed by atoms with Crippen molar-refractivity contribution in [3.05, 3.63) is 18.0 Å². The van der Waals surface area contributed by atoms with Crippen LogP contribution in [0, 0.1) is 0 Å². The lowest BCUT2D eigenvalue weighted by molar-refractivity contribution is 0.137. The van der Waals surface area contributed by atoms with Crippen molar-refractivity contribution in [2.24, 2.45) is 0 Å². The molecule has 0 radical (unpaired) electrons. The molecule has 0 aromatic carbocycles. The molecule has 3 rings (SSSR count). The van der Waals surface area contributed by atoms with Gasteiger partial charge in [0, 0.05) is 41.8 Å².